The summed E-state index contributed by atoms with van der Waals surface area (Å²) in [4.78, 5) is 0. The summed E-state index contributed by atoms with van der Waals surface area (Å²) < 4.78 is 9.33. The predicted octanol–water partition coefficient (Wildman–Crippen LogP) is 1.31. The molecule has 46 valence electrons. The van der Waals surface area contributed by atoms with Crippen LogP contribution in [0.15, 0.2) is 25.0 Å². The van der Waals surface area contributed by atoms with Gasteiger partial charge in [-0.1, -0.05) is 12.7 Å². The van der Waals surface area contributed by atoms with Gasteiger partial charge in [-0.05, 0) is 6.08 Å². The molecule has 0 saturated heterocycles. The third-order valence-electron chi connectivity index (χ3n) is 0.497. The highest BCUT2D eigenvalue weighted by atomic mass is 16.7. The van der Waals surface area contributed by atoms with Crippen molar-refractivity contribution in [1.29, 1.82) is 0 Å². The molecule has 0 aromatic carbocycles. The van der Waals surface area contributed by atoms with Crippen molar-refractivity contribution in [2.75, 3.05) is 13.9 Å². The van der Waals surface area contributed by atoms with Gasteiger partial charge < -0.3 is 9.47 Å². The summed E-state index contributed by atoms with van der Waals surface area (Å²) >= 11 is 0. The van der Waals surface area contributed by atoms with Crippen LogP contribution >= 0.6 is 0 Å². The van der Waals surface area contributed by atoms with Crippen molar-refractivity contribution in [1.82, 2.24) is 0 Å². The Balaban J connectivity index is 2.91. The van der Waals surface area contributed by atoms with Gasteiger partial charge in [0.1, 0.15) is 0 Å². The molecule has 2 heteroatoms. The van der Waals surface area contributed by atoms with E-state index in [1.807, 2.05) is 0 Å². The van der Waals surface area contributed by atoms with Gasteiger partial charge in [0.15, 0.2) is 6.79 Å². The van der Waals surface area contributed by atoms with Gasteiger partial charge in [-0.3, -0.25) is 0 Å². The minimum Gasteiger partial charge on any atom is -0.475 e. The summed E-state index contributed by atoms with van der Waals surface area (Å²) in [5, 5.41) is 0. The Hall–Kier alpha value is -0.760. The Morgan fingerprint density at radius 3 is 2.88 bits per heavy atom. The van der Waals surface area contributed by atoms with Gasteiger partial charge >= 0.3 is 0 Å². The van der Waals surface area contributed by atoms with Gasteiger partial charge in [0, 0.05) is 7.11 Å². The SMILES string of the molecule is C=C/C=C\OCOC. The van der Waals surface area contributed by atoms with Gasteiger partial charge in [0.05, 0.1) is 6.26 Å². The topological polar surface area (TPSA) is 18.5 Å². The fraction of sp³-hybridized carbons (Fsp3) is 0.333. The van der Waals surface area contributed by atoms with Crippen molar-refractivity contribution in [2.24, 2.45) is 0 Å². The van der Waals surface area contributed by atoms with Crippen LogP contribution in [0.4, 0.5) is 0 Å². The Bertz CT molecular complexity index is 76.6. The standard InChI is InChI=1S/C6H10O2/c1-3-4-5-8-6-7-2/h3-5H,1,6H2,2H3/b5-4-. The Morgan fingerprint density at radius 2 is 2.38 bits per heavy atom. The summed E-state index contributed by atoms with van der Waals surface area (Å²) in [6.45, 7) is 3.75. The molecule has 0 aliphatic rings. The van der Waals surface area contributed by atoms with Crippen LogP contribution in [0.2, 0.25) is 0 Å². The van der Waals surface area contributed by atoms with Gasteiger partial charge in [0.25, 0.3) is 0 Å². The molecule has 0 aromatic heterocycles. The fourth-order valence-corrected chi connectivity index (χ4v) is 0.218. The molecule has 0 unspecified atom stereocenters. The van der Waals surface area contributed by atoms with Crippen molar-refractivity contribution < 1.29 is 9.47 Å². The molecule has 0 aliphatic carbocycles. The highest BCUT2D eigenvalue weighted by Gasteiger charge is 1.69. The first kappa shape index (κ1) is 7.24. The molecule has 0 spiro atoms. The second-order valence-corrected chi connectivity index (χ2v) is 1.14. The van der Waals surface area contributed by atoms with E-state index in [0.717, 1.165) is 0 Å². The van der Waals surface area contributed by atoms with E-state index >= 15 is 0 Å². The smallest absolute Gasteiger partial charge is 0.187 e. The number of hydrogen-bond acceptors (Lipinski definition) is 2. The van der Waals surface area contributed by atoms with E-state index in [1.54, 1.807) is 19.3 Å². The second-order valence-electron chi connectivity index (χ2n) is 1.14. The molecule has 0 heterocycles. The molecule has 0 N–H and O–H groups in total. The largest absolute Gasteiger partial charge is 0.475 e. The summed E-state index contributed by atoms with van der Waals surface area (Å²) in [5.74, 6) is 0. The zero-order chi connectivity index (χ0) is 6.24. The van der Waals surface area contributed by atoms with Crippen LogP contribution in [0.1, 0.15) is 0 Å². The lowest BCUT2D eigenvalue weighted by Gasteiger charge is -1.93. The minimum atomic E-state index is 0.296. The number of ether oxygens (including phenoxy) is 2. The van der Waals surface area contributed by atoms with Crippen molar-refractivity contribution in [2.45, 2.75) is 0 Å². The zero-order valence-corrected chi connectivity index (χ0v) is 4.96. The van der Waals surface area contributed by atoms with E-state index in [9.17, 15) is 0 Å². The molecule has 0 saturated carbocycles. The highest BCUT2D eigenvalue weighted by molar-refractivity contribution is 4.92. The Labute approximate surface area is 49.4 Å². The van der Waals surface area contributed by atoms with Crippen molar-refractivity contribution in [3.63, 3.8) is 0 Å². The lowest BCUT2D eigenvalue weighted by molar-refractivity contribution is 0.0199. The molecule has 0 rings (SSSR count). The zero-order valence-electron chi connectivity index (χ0n) is 4.96. The first-order chi connectivity index (χ1) is 3.91. The lowest BCUT2D eigenvalue weighted by Crippen LogP contribution is -1.87. The van der Waals surface area contributed by atoms with Crippen molar-refractivity contribution >= 4 is 0 Å². The summed E-state index contributed by atoms with van der Waals surface area (Å²) in [5.41, 5.74) is 0. The quantitative estimate of drug-likeness (QED) is 0.237. The third-order valence-corrected chi connectivity index (χ3v) is 0.497. The molecule has 2 nitrogen and oxygen atoms in total. The van der Waals surface area contributed by atoms with Crippen LogP contribution in [-0.2, 0) is 9.47 Å². The predicted molar refractivity (Wildman–Crippen MR) is 32.3 cm³/mol. The average Bonchev–Trinajstić information content (AvgIpc) is 1.81. The minimum absolute atomic E-state index is 0.296. The summed E-state index contributed by atoms with van der Waals surface area (Å²) in [6, 6.07) is 0. The number of methoxy groups -OCH3 is 1. The molecule has 0 aliphatic heterocycles. The molecule has 0 amide bonds. The number of rotatable bonds is 4. The van der Waals surface area contributed by atoms with Crippen LogP contribution in [0.5, 0.6) is 0 Å². The maximum absolute atomic E-state index is 4.75. The summed E-state index contributed by atoms with van der Waals surface area (Å²) in [7, 11) is 1.57. The molecule has 0 atom stereocenters. The lowest BCUT2D eigenvalue weighted by atomic mass is 10.6. The van der Waals surface area contributed by atoms with Crippen LogP contribution in [0.25, 0.3) is 0 Å². The van der Waals surface area contributed by atoms with E-state index in [1.165, 1.54) is 6.26 Å². The van der Waals surface area contributed by atoms with Gasteiger partial charge in [-0.25, -0.2) is 0 Å². The van der Waals surface area contributed by atoms with Gasteiger partial charge in [-0.2, -0.15) is 0 Å². The third kappa shape index (κ3) is 5.24. The molecule has 8 heavy (non-hydrogen) atoms. The second kappa shape index (κ2) is 6.24. The van der Waals surface area contributed by atoms with Crippen LogP contribution < -0.4 is 0 Å². The Morgan fingerprint density at radius 1 is 1.62 bits per heavy atom. The van der Waals surface area contributed by atoms with Gasteiger partial charge in [0.2, 0.25) is 0 Å². The molecular formula is C6H10O2. The number of hydrogen-bond donors (Lipinski definition) is 0. The van der Waals surface area contributed by atoms with Gasteiger partial charge in [-0.15, -0.1) is 0 Å². The molecule has 0 aromatic rings. The molecule has 0 fully saturated rings. The van der Waals surface area contributed by atoms with Crippen molar-refractivity contribution in [3.05, 3.63) is 25.0 Å². The Kier molecular flexibility index (Phi) is 5.65. The molecular weight excluding hydrogens is 104 g/mol. The monoisotopic (exact) mass is 114 g/mol. The first-order valence-electron chi connectivity index (χ1n) is 2.30. The van der Waals surface area contributed by atoms with E-state index in [-0.39, 0.29) is 0 Å². The maximum Gasteiger partial charge on any atom is 0.187 e. The summed E-state index contributed by atoms with van der Waals surface area (Å²) in [6.07, 6.45) is 4.85. The van der Waals surface area contributed by atoms with Crippen molar-refractivity contribution in [3.8, 4) is 0 Å². The van der Waals surface area contributed by atoms with E-state index < -0.39 is 0 Å². The number of allylic oxidation sites excluding steroid dienone is 2. The maximum atomic E-state index is 4.75. The van der Waals surface area contributed by atoms with Crippen LogP contribution in [0, 0.1) is 0 Å². The molecule has 0 radical (unpaired) electrons. The van der Waals surface area contributed by atoms with Crippen LogP contribution in [0.3, 0.4) is 0 Å². The van der Waals surface area contributed by atoms with E-state index in [4.69, 9.17) is 4.74 Å². The van der Waals surface area contributed by atoms with Crippen LogP contribution in [-0.4, -0.2) is 13.9 Å². The first-order valence-corrected chi connectivity index (χ1v) is 2.30. The van der Waals surface area contributed by atoms with E-state index in [2.05, 4.69) is 11.3 Å². The molecule has 0 bridgehead atoms. The highest BCUT2D eigenvalue weighted by Crippen LogP contribution is 1.76. The fourth-order valence-electron chi connectivity index (χ4n) is 0.218. The van der Waals surface area contributed by atoms with E-state index in [0.29, 0.717) is 6.79 Å². The normalized spacial score (nSPS) is 9.62. The average molecular weight is 114 g/mol.